The fourth-order valence-electron chi connectivity index (χ4n) is 4.46. The molecular formula is C30H41BrN8O4. The summed E-state index contributed by atoms with van der Waals surface area (Å²) in [6.45, 7) is 16.8. The lowest BCUT2D eigenvalue weighted by atomic mass is 9.99. The molecule has 0 saturated heterocycles. The van der Waals surface area contributed by atoms with Gasteiger partial charge < -0.3 is 15.2 Å². The summed E-state index contributed by atoms with van der Waals surface area (Å²) in [5.74, 6) is 0. The SMILES string of the molecule is C=Cc1cn(C)nc1CCN(C(=O)OC(C)(C)C)[C@H](C)C(=NC)/C(=C\N)c1cc2c(Br)nn(C(=O)OC(C)(C)C)c2cn1. The zero-order valence-electron chi connectivity index (χ0n) is 26.3. The first-order valence-electron chi connectivity index (χ1n) is 13.8. The Bertz CT molecular complexity index is 1570. The second-order valence-electron chi connectivity index (χ2n) is 12.0. The first-order valence-corrected chi connectivity index (χ1v) is 14.6. The van der Waals surface area contributed by atoms with Gasteiger partial charge in [-0.1, -0.05) is 12.7 Å². The maximum atomic E-state index is 13.5. The van der Waals surface area contributed by atoms with E-state index in [2.05, 4.69) is 42.7 Å². The normalized spacial score (nSPS) is 13.6. The van der Waals surface area contributed by atoms with Gasteiger partial charge in [0, 0.05) is 56.0 Å². The molecule has 3 heterocycles. The molecule has 3 aromatic heterocycles. The number of amides is 1. The number of nitrogens with two attached hydrogens (primary N) is 1. The highest BCUT2D eigenvalue weighted by Gasteiger charge is 2.31. The molecule has 0 aliphatic heterocycles. The van der Waals surface area contributed by atoms with Crippen LogP contribution in [0.4, 0.5) is 9.59 Å². The van der Waals surface area contributed by atoms with Gasteiger partial charge in [-0.25, -0.2) is 9.59 Å². The number of hydrogen-bond acceptors (Lipinski definition) is 9. The average Bonchev–Trinajstić information content (AvgIpc) is 3.43. The monoisotopic (exact) mass is 656 g/mol. The van der Waals surface area contributed by atoms with E-state index in [1.54, 1.807) is 49.5 Å². The summed E-state index contributed by atoms with van der Waals surface area (Å²) in [6.07, 6.45) is 5.88. The first-order chi connectivity index (χ1) is 20.0. The van der Waals surface area contributed by atoms with Gasteiger partial charge in [-0.15, -0.1) is 0 Å². The fraction of sp³-hybridized carbons (Fsp3) is 0.467. The molecule has 3 aromatic rings. The van der Waals surface area contributed by atoms with Crippen molar-refractivity contribution in [2.75, 3.05) is 13.6 Å². The molecule has 2 N–H and O–H groups in total. The first kappa shape index (κ1) is 33.5. The highest BCUT2D eigenvalue weighted by molar-refractivity contribution is 9.10. The summed E-state index contributed by atoms with van der Waals surface area (Å²) in [5, 5.41) is 9.46. The van der Waals surface area contributed by atoms with Gasteiger partial charge in [0.2, 0.25) is 0 Å². The lowest BCUT2D eigenvalue weighted by Crippen LogP contribution is -2.47. The van der Waals surface area contributed by atoms with Crippen LogP contribution in [-0.4, -0.2) is 78.2 Å². The zero-order chi connectivity index (χ0) is 32.3. The summed E-state index contributed by atoms with van der Waals surface area (Å²) < 4.78 is 14.6. The van der Waals surface area contributed by atoms with Crippen molar-refractivity contribution >= 4 is 56.4 Å². The van der Waals surface area contributed by atoms with Crippen LogP contribution >= 0.6 is 15.9 Å². The number of carbonyl (C=O) groups excluding carboxylic acids is 2. The van der Waals surface area contributed by atoms with Gasteiger partial charge in [0.1, 0.15) is 21.3 Å². The smallest absolute Gasteiger partial charge is 0.435 e. The van der Waals surface area contributed by atoms with Crippen LogP contribution in [0.2, 0.25) is 0 Å². The number of pyridine rings is 1. The molecule has 0 aromatic carbocycles. The molecule has 0 unspecified atom stereocenters. The van der Waals surface area contributed by atoms with E-state index in [1.807, 2.05) is 40.9 Å². The Labute approximate surface area is 260 Å². The predicted molar refractivity (Wildman–Crippen MR) is 172 cm³/mol. The van der Waals surface area contributed by atoms with Crippen molar-refractivity contribution in [2.45, 2.75) is 72.1 Å². The van der Waals surface area contributed by atoms with E-state index < -0.39 is 29.4 Å². The number of aliphatic imine (C=N–C) groups is 1. The highest BCUT2D eigenvalue weighted by atomic mass is 79.9. The van der Waals surface area contributed by atoms with E-state index in [4.69, 9.17) is 15.2 Å². The van der Waals surface area contributed by atoms with Gasteiger partial charge in [-0.05, 0) is 70.5 Å². The van der Waals surface area contributed by atoms with Crippen LogP contribution in [0.25, 0.3) is 22.6 Å². The topological polar surface area (TPSA) is 143 Å². The van der Waals surface area contributed by atoms with Crippen LogP contribution in [0, 0.1) is 0 Å². The maximum absolute atomic E-state index is 13.5. The van der Waals surface area contributed by atoms with Crippen LogP contribution < -0.4 is 5.73 Å². The maximum Gasteiger partial charge on any atom is 0.435 e. The molecule has 0 saturated carbocycles. The van der Waals surface area contributed by atoms with Crippen LogP contribution in [0.3, 0.4) is 0 Å². The Morgan fingerprint density at radius 3 is 2.40 bits per heavy atom. The number of halogens is 1. The van der Waals surface area contributed by atoms with E-state index in [1.165, 1.54) is 12.4 Å². The summed E-state index contributed by atoms with van der Waals surface area (Å²) >= 11 is 3.45. The molecule has 12 nitrogen and oxygen atoms in total. The highest BCUT2D eigenvalue weighted by Crippen LogP contribution is 2.28. The van der Waals surface area contributed by atoms with E-state index in [9.17, 15) is 9.59 Å². The Kier molecular flexibility index (Phi) is 10.2. The van der Waals surface area contributed by atoms with Crippen molar-refractivity contribution < 1.29 is 19.1 Å². The molecule has 0 bridgehead atoms. The van der Waals surface area contributed by atoms with Crippen LogP contribution in [0.15, 0.2) is 40.8 Å². The number of rotatable bonds is 8. The largest absolute Gasteiger partial charge is 0.444 e. The minimum Gasteiger partial charge on any atom is -0.444 e. The Hall–Kier alpha value is -4.00. The van der Waals surface area contributed by atoms with Crippen molar-refractivity contribution in [3.8, 4) is 0 Å². The number of fused-ring (bicyclic) bond motifs is 1. The molecule has 0 radical (unpaired) electrons. The minimum absolute atomic E-state index is 0.297. The summed E-state index contributed by atoms with van der Waals surface area (Å²) in [7, 11) is 3.47. The van der Waals surface area contributed by atoms with Gasteiger partial charge in [-0.3, -0.25) is 19.6 Å². The molecule has 43 heavy (non-hydrogen) atoms. The quantitative estimate of drug-likeness (QED) is 0.309. The zero-order valence-corrected chi connectivity index (χ0v) is 27.9. The van der Waals surface area contributed by atoms with Crippen molar-refractivity contribution in [2.24, 2.45) is 17.8 Å². The van der Waals surface area contributed by atoms with E-state index in [0.29, 0.717) is 45.5 Å². The molecular weight excluding hydrogens is 616 g/mol. The number of ether oxygens (including phenoxy) is 2. The second-order valence-corrected chi connectivity index (χ2v) is 12.7. The van der Waals surface area contributed by atoms with Gasteiger partial charge in [-0.2, -0.15) is 14.9 Å². The number of aryl methyl sites for hydroxylation is 1. The fourth-order valence-corrected chi connectivity index (χ4v) is 4.94. The third kappa shape index (κ3) is 8.09. The Morgan fingerprint density at radius 1 is 1.19 bits per heavy atom. The lowest BCUT2D eigenvalue weighted by Gasteiger charge is -2.33. The minimum atomic E-state index is -0.713. The number of aromatic nitrogens is 5. The van der Waals surface area contributed by atoms with Crippen molar-refractivity contribution in [3.63, 3.8) is 0 Å². The van der Waals surface area contributed by atoms with E-state index >= 15 is 0 Å². The van der Waals surface area contributed by atoms with E-state index in [0.717, 1.165) is 15.9 Å². The van der Waals surface area contributed by atoms with Crippen LogP contribution in [-0.2, 0) is 22.9 Å². The Balaban J connectivity index is 1.99. The van der Waals surface area contributed by atoms with Crippen molar-refractivity contribution in [1.29, 1.82) is 0 Å². The van der Waals surface area contributed by atoms with Gasteiger partial charge in [0.05, 0.1) is 29.3 Å². The molecule has 1 amide bonds. The standard InChI is InChI=1S/C30H41BrN8O4/c1-11-19-17-37(10)35-22(19)12-13-38(27(40)42-29(3,4)5)18(2)25(33-9)21(15-32)23-14-20-24(16-34-23)39(36-26(20)31)28(41)43-30(6,7)8/h11,14-18H,1,12-13,32H2,2-10H3/b21-15-,33-25?/t18-/m1/s1. The third-order valence-electron chi connectivity index (χ3n) is 6.29. The van der Waals surface area contributed by atoms with Gasteiger partial charge in [0.15, 0.2) is 0 Å². The molecule has 13 heteroatoms. The summed E-state index contributed by atoms with van der Waals surface area (Å²) in [5.41, 5.74) is 8.40. The van der Waals surface area contributed by atoms with Gasteiger partial charge in [0.25, 0.3) is 0 Å². The number of nitrogens with zero attached hydrogens (tertiary/aromatic N) is 7. The molecule has 0 fully saturated rings. The number of hydrogen-bond donors (Lipinski definition) is 1. The molecule has 1 atom stereocenters. The molecule has 3 rings (SSSR count). The van der Waals surface area contributed by atoms with Crippen molar-refractivity contribution in [1.82, 2.24) is 29.4 Å². The van der Waals surface area contributed by atoms with Crippen molar-refractivity contribution in [3.05, 3.63) is 52.8 Å². The predicted octanol–water partition coefficient (Wildman–Crippen LogP) is 5.59. The molecule has 0 aliphatic rings. The molecule has 0 aliphatic carbocycles. The van der Waals surface area contributed by atoms with Crippen LogP contribution in [0.1, 0.15) is 65.4 Å². The third-order valence-corrected chi connectivity index (χ3v) is 6.87. The molecule has 232 valence electrons. The summed E-state index contributed by atoms with van der Waals surface area (Å²) in [6, 6.07) is 1.20. The lowest BCUT2D eigenvalue weighted by molar-refractivity contribution is 0.0226. The molecule has 0 spiro atoms. The Morgan fingerprint density at radius 2 is 1.84 bits per heavy atom. The summed E-state index contributed by atoms with van der Waals surface area (Å²) in [4.78, 5) is 37.0. The average molecular weight is 658 g/mol. The number of carbonyl (C=O) groups is 2. The second kappa shape index (κ2) is 13.1. The van der Waals surface area contributed by atoms with E-state index in [-0.39, 0.29) is 0 Å². The van der Waals surface area contributed by atoms with Crippen LogP contribution in [0.5, 0.6) is 0 Å². The van der Waals surface area contributed by atoms with Gasteiger partial charge >= 0.3 is 12.2 Å².